The van der Waals surface area contributed by atoms with E-state index in [4.69, 9.17) is 37.2 Å². The van der Waals surface area contributed by atoms with Gasteiger partial charge in [-0.3, -0.25) is 14.1 Å². The number of aryl methyl sites for hydroxylation is 2. The van der Waals surface area contributed by atoms with Crippen LogP contribution in [0.5, 0.6) is 5.75 Å². The standard InChI is InChI=1S/C29H33ClN6O10S2/c1-29(2)20(26(38)36(29)46-48(41,42)43)13-21(37)23(24-25(30)47-28(32)33-24)34-45-22(27(39)40)15-44-19-10-7-16(8-11-19)17-6-9-18(5-4-12-31)35(3)14-17/h6-11,14,20,22H,4-5,12-13,15,31H2,1-3H3,(H3-,32,33,39,40,41,42,43)/p+1/b34-23+/t20-,22?/m1/s1. The summed E-state index contributed by atoms with van der Waals surface area (Å²) in [6, 6.07) is 11.0. The fraction of sp³-hybridized carbons (Fsp3) is 0.379. The molecular weight excluding hydrogens is 692 g/mol. The van der Waals surface area contributed by atoms with Crippen molar-refractivity contribution < 1.29 is 50.9 Å². The van der Waals surface area contributed by atoms with Gasteiger partial charge < -0.3 is 26.1 Å². The Labute approximate surface area is 284 Å². The molecule has 1 aromatic carbocycles. The monoisotopic (exact) mass is 725 g/mol. The minimum Gasteiger partial charge on any atom is -0.489 e. The van der Waals surface area contributed by atoms with Gasteiger partial charge in [0.05, 0.1) is 11.5 Å². The first-order chi connectivity index (χ1) is 22.5. The van der Waals surface area contributed by atoms with Crippen molar-refractivity contribution >= 4 is 61.8 Å². The minimum absolute atomic E-state index is 0.0267. The largest absolute Gasteiger partial charge is 0.489 e. The van der Waals surface area contributed by atoms with Gasteiger partial charge in [-0.05, 0) is 50.6 Å². The molecule has 19 heteroatoms. The van der Waals surface area contributed by atoms with Crippen molar-refractivity contribution in [3.63, 3.8) is 0 Å². The summed E-state index contributed by atoms with van der Waals surface area (Å²) in [5.41, 5.74) is 12.3. The summed E-state index contributed by atoms with van der Waals surface area (Å²) in [5.74, 6) is -3.99. The maximum absolute atomic E-state index is 13.4. The molecule has 1 amide bonds. The molecule has 4 rings (SSSR count). The third-order valence-corrected chi connectivity index (χ3v) is 8.96. The van der Waals surface area contributed by atoms with Crippen molar-refractivity contribution in [1.82, 2.24) is 10.0 Å². The maximum Gasteiger partial charge on any atom is 0.418 e. The Hall–Kier alpha value is -4.20. The van der Waals surface area contributed by atoms with Crippen LogP contribution in [-0.4, -0.2) is 76.3 Å². The summed E-state index contributed by atoms with van der Waals surface area (Å²) in [5, 5.41) is 13.9. The lowest BCUT2D eigenvalue weighted by Crippen LogP contribution is -2.68. The summed E-state index contributed by atoms with van der Waals surface area (Å²) in [7, 11) is -3.05. The number of benzene rings is 1. The van der Waals surface area contributed by atoms with E-state index in [1.54, 1.807) is 12.1 Å². The second kappa shape index (κ2) is 14.9. The van der Waals surface area contributed by atoms with Crippen molar-refractivity contribution in [3.05, 3.63) is 58.3 Å². The van der Waals surface area contributed by atoms with Gasteiger partial charge in [-0.1, -0.05) is 40.2 Å². The second-order valence-corrected chi connectivity index (χ2v) is 13.9. The first kappa shape index (κ1) is 36.6. The van der Waals surface area contributed by atoms with Crippen LogP contribution in [0.4, 0.5) is 5.13 Å². The first-order valence-electron chi connectivity index (χ1n) is 14.4. The number of β-lactam (4-membered cyclic amide) rings is 1. The fourth-order valence-electron chi connectivity index (χ4n) is 4.87. The Morgan fingerprint density at radius 2 is 1.88 bits per heavy atom. The van der Waals surface area contributed by atoms with Crippen LogP contribution < -0.4 is 20.8 Å². The molecule has 0 bridgehead atoms. The van der Waals surface area contributed by atoms with E-state index in [9.17, 15) is 27.9 Å². The van der Waals surface area contributed by atoms with Crippen LogP contribution in [0.3, 0.4) is 0 Å². The number of nitrogens with two attached hydrogens (primary N) is 2. The number of hydroxylamine groups is 2. The van der Waals surface area contributed by atoms with Gasteiger partial charge in [0.25, 0.3) is 12.0 Å². The number of nitrogens with zero attached hydrogens (tertiary/aromatic N) is 4. The summed E-state index contributed by atoms with van der Waals surface area (Å²) in [4.78, 5) is 47.3. The van der Waals surface area contributed by atoms with Crippen molar-refractivity contribution in [1.29, 1.82) is 0 Å². The lowest BCUT2D eigenvalue weighted by Gasteiger charge is -2.50. The van der Waals surface area contributed by atoms with Gasteiger partial charge >= 0.3 is 16.4 Å². The van der Waals surface area contributed by atoms with Crippen molar-refractivity contribution in [2.75, 3.05) is 18.9 Å². The highest BCUT2D eigenvalue weighted by Crippen LogP contribution is 2.41. The fourth-order valence-corrected chi connectivity index (χ4v) is 6.25. The molecular formula is C29H34ClN6O10S2+. The highest BCUT2D eigenvalue weighted by molar-refractivity contribution is 7.80. The molecule has 0 aliphatic carbocycles. The number of thiazole rings is 1. The molecule has 1 fully saturated rings. The van der Waals surface area contributed by atoms with Gasteiger partial charge in [0.1, 0.15) is 29.4 Å². The highest BCUT2D eigenvalue weighted by Gasteiger charge is 2.57. The number of amides is 1. The number of carbonyl (C=O) groups excluding carboxylic acids is 2. The van der Waals surface area contributed by atoms with E-state index >= 15 is 0 Å². The van der Waals surface area contributed by atoms with Crippen LogP contribution >= 0.6 is 22.9 Å². The van der Waals surface area contributed by atoms with Crippen molar-refractivity contribution in [2.45, 2.75) is 44.8 Å². The summed E-state index contributed by atoms with van der Waals surface area (Å²) < 4.78 is 43.2. The molecule has 1 unspecified atom stereocenters. The number of nitrogen functional groups attached to an aromatic ring is 1. The Balaban J connectivity index is 1.47. The number of rotatable bonds is 16. The molecule has 16 nitrogen and oxygen atoms in total. The Kier molecular flexibility index (Phi) is 11.4. The number of hydrogen-bond donors (Lipinski definition) is 4. The normalized spacial score (nSPS) is 16.7. The molecule has 1 aliphatic heterocycles. The smallest absolute Gasteiger partial charge is 0.418 e. The molecule has 3 heterocycles. The van der Waals surface area contributed by atoms with Crippen LogP contribution in [0.25, 0.3) is 11.1 Å². The minimum atomic E-state index is -5.01. The first-order valence-corrected chi connectivity index (χ1v) is 16.9. The van der Waals surface area contributed by atoms with Gasteiger partial charge in [0.15, 0.2) is 28.5 Å². The van der Waals surface area contributed by atoms with E-state index in [1.165, 1.54) is 13.8 Å². The number of carboxylic acid groups (broad SMARTS) is 1. The van der Waals surface area contributed by atoms with Crippen LogP contribution in [0.2, 0.25) is 4.34 Å². The summed E-state index contributed by atoms with van der Waals surface area (Å²) >= 11 is 7.03. The van der Waals surface area contributed by atoms with Crippen LogP contribution in [0, 0.1) is 5.92 Å². The molecule has 6 N–H and O–H groups in total. The lowest BCUT2D eigenvalue weighted by molar-refractivity contribution is -0.678. The molecule has 1 aliphatic rings. The molecule has 1 saturated heterocycles. The number of pyridine rings is 1. The van der Waals surface area contributed by atoms with Crippen molar-refractivity contribution in [3.8, 4) is 16.9 Å². The average molecular weight is 726 g/mol. The molecule has 2 atom stereocenters. The van der Waals surface area contributed by atoms with Gasteiger partial charge in [0, 0.05) is 24.5 Å². The highest BCUT2D eigenvalue weighted by atomic mass is 35.5. The molecule has 0 saturated carbocycles. The Morgan fingerprint density at radius 3 is 2.42 bits per heavy atom. The van der Waals surface area contributed by atoms with Crippen molar-refractivity contribution in [2.24, 2.45) is 23.9 Å². The Morgan fingerprint density at radius 1 is 1.21 bits per heavy atom. The number of hydrogen-bond acceptors (Lipinski definition) is 13. The van der Waals surface area contributed by atoms with Crippen LogP contribution in [0.1, 0.15) is 38.1 Å². The number of halogens is 1. The number of Topliss-reactive ketones (excluding diaryl/α,β-unsaturated/α-hetero) is 1. The third-order valence-electron chi connectivity index (χ3n) is 7.54. The van der Waals surface area contributed by atoms with Crippen LogP contribution in [0.15, 0.2) is 47.8 Å². The number of aromatic nitrogens is 2. The zero-order valence-corrected chi connectivity index (χ0v) is 28.4. The zero-order chi connectivity index (χ0) is 35.4. The zero-order valence-electron chi connectivity index (χ0n) is 26.0. The number of anilines is 1. The number of carbonyl (C=O) groups is 3. The maximum atomic E-state index is 13.4. The van der Waals surface area contributed by atoms with E-state index in [1.807, 2.05) is 42.1 Å². The predicted molar refractivity (Wildman–Crippen MR) is 173 cm³/mol. The van der Waals surface area contributed by atoms with E-state index < -0.39 is 64.4 Å². The third kappa shape index (κ3) is 8.63. The number of ketones is 1. The number of carboxylic acids is 1. The summed E-state index contributed by atoms with van der Waals surface area (Å²) in [6.07, 6.45) is 1.50. The van der Waals surface area contributed by atoms with Crippen LogP contribution in [-0.2, 0) is 47.4 Å². The van der Waals surface area contributed by atoms with Gasteiger partial charge in [-0.2, -0.15) is 13.5 Å². The molecule has 258 valence electrons. The van der Waals surface area contributed by atoms with Gasteiger partial charge in [0.2, 0.25) is 0 Å². The summed E-state index contributed by atoms with van der Waals surface area (Å²) in [6.45, 7) is 2.92. The number of ether oxygens (including phenoxy) is 1. The Bertz CT molecular complexity index is 1830. The second-order valence-electron chi connectivity index (χ2n) is 11.3. The molecule has 0 radical (unpaired) electrons. The number of oxime groups is 1. The molecule has 3 aromatic rings. The van der Waals surface area contributed by atoms with E-state index in [0.717, 1.165) is 41.0 Å². The average Bonchev–Trinajstić information content (AvgIpc) is 3.35. The quantitative estimate of drug-likeness (QED) is 0.0544. The topological polar surface area (TPSA) is 238 Å². The molecule has 0 spiro atoms. The SMILES string of the molecule is C[n+]1cc(-c2ccc(OCC(O/N=C(\C(=O)C[C@@H]3C(=O)N(OS(=O)(=O)O)C3(C)C)c3nc(N)sc3Cl)C(=O)O)cc2)ccc1CCCN. The van der Waals surface area contributed by atoms with E-state index in [2.05, 4.69) is 14.4 Å². The van der Waals surface area contributed by atoms with Gasteiger partial charge in [-0.25, -0.2) is 14.3 Å². The van der Waals surface area contributed by atoms with E-state index in [0.29, 0.717) is 17.4 Å². The number of aliphatic carboxylic acids is 1. The van der Waals surface area contributed by atoms with E-state index in [-0.39, 0.29) is 15.2 Å². The lowest BCUT2D eigenvalue weighted by atomic mass is 9.74. The molecule has 2 aromatic heterocycles. The molecule has 48 heavy (non-hydrogen) atoms. The predicted octanol–water partition coefficient (Wildman–Crippen LogP) is 1.95. The van der Waals surface area contributed by atoms with Gasteiger partial charge in [-0.15, -0.1) is 4.28 Å².